The molecule has 2 heterocycles. The number of rotatable bonds is 1. The Labute approximate surface area is 114 Å². The van der Waals surface area contributed by atoms with E-state index in [2.05, 4.69) is 4.98 Å². The van der Waals surface area contributed by atoms with E-state index in [-0.39, 0.29) is 5.88 Å². The quantitative estimate of drug-likeness (QED) is 0.725. The summed E-state index contributed by atoms with van der Waals surface area (Å²) < 4.78 is 1.71. The van der Waals surface area contributed by atoms with Crippen molar-refractivity contribution in [3.8, 4) is 5.88 Å². The minimum atomic E-state index is 0.145. The number of hydrogen-bond acceptors (Lipinski definition) is 2. The molecule has 2 aromatic heterocycles. The van der Waals surface area contributed by atoms with E-state index in [0.717, 1.165) is 10.9 Å². The summed E-state index contributed by atoms with van der Waals surface area (Å²) in [6, 6.07) is 5.35. The predicted octanol–water partition coefficient (Wildman–Crippen LogP) is 4.22. The van der Waals surface area contributed by atoms with E-state index in [9.17, 15) is 5.11 Å². The summed E-state index contributed by atoms with van der Waals surface area (Å²) in [7, 11) is 0. The second-order valence-electron chi connectivity index (χ2n) is 4.09. The van der Waals surface area contributed by atoms with Crippen LogP contribution in [0, 0.1) is 0 Å². The number of aromatic nitrogens is 2. The van der Waals surface area contributed by atoms with Gasteiger partial charge in [0.1, 0.15) is 0 Å². The lowest BCUT2D eigenvalue weighted by atomic mass is 10.2. The molecule has 0 saturated carbocycles. The van der Waals surface area contributed by atoms with Crippen LogP contribution in [-0.4, -0.2) is 14.7 Å². The monoisotopic (exact) mass is 280 g/mol. The van der Waals surface area contributed by atoms with E-state index in [1.165, 1.54) is 0 Å². The Kier molecular flexibility index (Phi) is 2.61. The molecule has 92 valence electrons. The topological polar surface area (TPSA) is 38.0 Å². The van der Waals surface area contributed by atoms with Crippen LogP contribution >= 0.6 is 23.2 Å². The molecule has 1 aromatic carbocycles. The fraction of sp³-hybridized carbons (Fsp3) is 0.154. The summed E-state index contributed by atoms with van der Waals surface area (Å²) in [5, 5.41) is 12.5. The molecule has 0 aliphatic rings. The summed E-state index contributed by atoms with van der Waals surface area (Å²) in [6.07, 6.45) is 1.80. The maximum atomic E-state index is 10.1. The molecule has 18 heavy (non-hydrogen) atoms. The number of pyridine rings is 1. The maximum absolute atomic E-state index is 10.1. The fourth-order valence-corrected chi connectivity index (χ4v) is 2.62. The fourth-order valence-electron chi connectivity index (χ4n) is 2.11. The van der Waals surface area contributed by atoms with Crippen molar-refractivity contribution in [3.63, 3.8) is 0 Å². The molecule has 3 aromatic rings. The van der Waals surface area contributed by atoms with Crippen molar-refractivity contribution in [2.45, 2.75) is 13.5 Å². The summed E-state index contributed by atoms with van der Waals surface area (Å²) in [5.41, 5.74) is 1.46. The number of hydrogen-bond donors (Lipinski definition) is 1. The Morgan fingerprint density at radius 3 is 2.78 bits per heavy atom. The van der Waals surface area contributed by atoms with Gasteiger partial charge in [-0.3, -0.25) is 0 Å². The summed E-state index contributed by atoms with van der Waals surface area (Å²) >= 11 is 12.3. The maximum Gasteiger partial charge on any atom is 0.202 e. The van der Waals surface area contributed by atoms with Crippen LogP contribution in [0.3, 0.4) is 0 Å². The van der Waals surface area contributed by atoms with Crippen LogP contribution in [0.25, 0.3) is 21.8 Å². The van der Waals surface area contributed by atoms with Gasteiger partial charge in [-0.15, -0.1) is 0 Å². The number of benzene rings is 1. The van der Waals surface area contributed by atoms with Crippen molar-refractivity contribution in [3.05, 3.63) is 34.4 Å². The second kappa shape index (κ2) is 4.04. The minimum Gasteiger partial charge on any atom is -0.494 e. The zero-order chi connectivity index (χ0) is 12.9. The Balaban J connectivity index is 2.51. The van der Waals surface area contributed by atoms with Gasteiger partial charge >= 0.3 is 0 Å². The normalized spacial score (nSPS) is 11.5. The molecule has 0 fully saturated rings. The van der Waals surface area contributed by atoms with Gasteiger partial charge in [0.05, 0.1) is 21.4 Å². The molecular formula is C13H10Cl2N2O. The Morgan fingerprint density at radius 2 is 2.06 bits per heavy atom. The molecule has 0 amide bonds. The molecule has 3 rings (SSSR count). The van der Waals surface area contributed by atoms with Crippen LogP contribution in [0.4, 0.5) is 0 Å². The first-order valence-electron chi connectivity index (χ1n) is 5.58. The largest absolute Gasteiger partial charge is 0.494 e. The highest BCUT2D eigenvalue weighted by Crippen LogP contribution is 2.37. The van der Waals surface area contributed by atoms with E-state index in [0.29, 0.717) is 27.5 Å². The number of aryl methyl sites for hydroxylation is 1. The summed E-state index contributed by atoms with van der Waals surface area (Å²) in [4.78, 5) is 4.49. The van der Waals surface area contributed by atoms with E-state index in [1.54, 1.807) is 22.9 Å². The van der Waals surface area contributed by atoms with Gasteiger partial charge in [0.25, 0.3) is 0 Å². The molecule has 0 saturated heterocycles. The summed E-state index contributed by atoms with van der Waals surface area (Å²) in [5.74, 6) is 0.145. The highest BCUT2D eigenvalue weighted by atomic mass is 35.5. The van der Waals surface area contributed by atoms with E-state index in [4.69, 9.17) is 23.2 Å². The highest BCUT2D eigenvalue weighted by Gasteiger charge is 2.15. The van der Waals surface area contributed by atoms with Gasteiger partial charge in [0.2, 0.25) is 5.88 Å². The molecule has 0 bridgehead atoms. The number of nitrogens with zero attached hydrogens (tertiary/aromatic N) is 2. The van der Waals surface area contributed by atoms with Crippen molar-refractivity contribution in [2.75, 3.05) is 0 Å². The molecule has 0 unspecified atom stereocenters. The molecule has 3 nitrogen and oxygen atoms in total. The molecule has 0 spiro atoms. The van der Waals surface area contributed by atoms with Crippen molar-refractivity contribution < 1.29 is 5.11 Å². The van der Waals surface area contributed by atoms with Crippen LogP contribution in [0.15, 0.2) is 24.4 Å². The van der Waals surface area contributed by atoms with Gasteiger partial charge in [-0.05, 0) is 25.1 Å². The average Bonchev–Trinajstić information content (AvgIpc) is 2.67. The van der Waals surface area contributed by atoms with E-state index in [1.807, 2.05) is 13.0 Å². The molecular weight excluding hydrogens is 271 g/mol. The van der Waals surface area contributed by atoms with Crippen molar-refractivity contribution in [2.24, 2.45) is 0 Å². The lowest BCUT2D eigenvalue weighted by Gasteiger charge is -2.03. The van der Waals surface area contributed by atoms with Gasteiger partial charge in [-0.1, -0.05) is 23.2 Å². The smallest absolute Gasteiger partial charge is 0.202 e. The van der Waals surface area contributed by atoms with Gasteiger partial charge in [0, 0.05) is 23.2 Å². The zero-order valence-electron chi connectivity index (χ0n) is 9.61. The molecule has 0 aliphatic heterocycles. The Morgan fingerprint density at radius 1 is 1.28 bits per heavy atom. The molecule has 5 heteroatoms. The van der Waals surface area contributed by atoms with Gasteiger partial charge in [-0.2, -0.15) is 0 Å². The molecule has 0 aliphatic carbocycles. The average molecular weight is 281 g/mol. The molecule has 0 radical (unpaired) electrons. The standard InChI is InChI=1S/C13H10Cl2N2O/c1-2-17-6-10-11(13(17)18)12(15)8-5-7(14)3-4-9(8)16-10/h3-6,18H,2H2,1H3. The third kappa shape index (κ3) is 1.55. The SMILES string of the molecule is CCn1cc2nc3ccc(Cl)cc3c(Cl)c2c1O. The van der Waals surface area contributed by atoms with Crippen LogP contribution in [-0.2, 0) is 6.54 Å². The van der Waals surface area contributed by atoms with E-state index < -0.39 is 0 Å². The molecule has 1 N–H and O–H groups in total. The zero-order valence-corrected chi connectivity index (χ0v) is 11.1. The number of halogens is 2. The molecule has 0 atom stereocenters. The van der Waals surface area contributed by atoms with E-state index >= 15 is 0 Å². The number of aromatic hydroxyl groups is 1. The first-order chi connectivity index (χ1) is 8.61. The summed E-state index contributed by atoms with van der Waals surface area (Å²) in [6.45, 7) is 2.61. The number of fused-ring (bicyclic) bond motifs is 2. The van der Waals surface area contributed by atoms with Gasteiger partial charge in [0.15, 0.2) is 0 Å². The van der Waals surface area contributed by atoms with Crippen LogP contribution in [0.2, 0.25) is 10.0 Å². The first kappa shape index (κ1) is 11.6. The Bertz CT molecular complexity index is 765. The lowest BCUT2D eigenvalue weighted by Crippen LogP contribution is -1.88. The minimum absolute atomic E-state index is 0.145. The van der Waals surface area contributed by atoms with Gasteiger partial charge < -0.3 is 9.67 Å². The lowest BCUT2D eigenvalue weighted by molar-refractivity contribution is 0.427. The van der Waals surface area contributed by atoms with Gasteiger partial charge in [-0.25, -0.2) is 4.98 Å². The third-order valence-electron chi connectivity index (χ3n) is 3.03. The predicted molar refractivity (Wildman–Crippen MR) is 74.6 cm³/mol. The van der Waals surface area contributed by atoms with Crippen molar-refractivity contribution in [1.82, 2.24) is 9.55 Å². The highest BCUT2D eigenvalue weighted by molar-refractivity contribution is 6.41. The van der Waals surface area contributed by atoms with Crippen LogP contribution in [0.5, 0.6) is 5.88 Å². The van der Waals surface area contributed by atoms with Crippen molar-refractivity contribution in [1.29, 1.82) is 0 Å². The van der Waals surface area contributed by atoms with Crippen LogP contribution < -0.4 is 0 Å². The first-order valence-corrected chi connectivity index (χ1v) is 6.34. The van der Waals surface area contributed by atoms with Crippen molar-refractivity contribution >= 4 is 45.0 Å². The van der Waals surface area contributed by atoms with Crippen LogP contribution in [0.1, 0.15) is 6.92 Å². The Hall–Kier alpha value is -1.45. The third-order valence-corrected chi connectivity index (χ3v) is 3.65. The second-order valence-corrected chi connectivity index (χ2v) is 4.90.